The summed E-state index contributed by atoms with van der Waals surface area (Å²) in [6, 6.07) is 20.1. The second-order valence-corrected chi connectivity index (χ2v) is 8.94. The normalized spacial score (nSPS) is 11.4. The number of nitriles is 1. The lowest BCUT2D eigenvalue weighted by atomic mass is 9.91. The van der Waals surface area contributed by atoms with Crippen LogP contribution in [0, 0.1) is 35.3 Å². The van der Waals surface area contributed by atoms with Crippen molar-refractivity contribution in [3.63, 3.8) is 0 Å². The predicted molar refractivity (Wildman–Crippen MR) is 142 cm³/mol. The first kappa shape index (κ1) is 24.9. The summed E-state index contributed by atoms with van der Waals surface area (Å²) >= 11 is 12.6. The molecular weight excluding hydrogens is 499 g/mol. The van der Waals surface area contributed by atoms with Crippen molar-refractivity contribution in [2.75, 3.05) is 10.6 Å². The third-order valence-electron chi connectivity index (χ3n) is 5.56. The fourth-order valence-corrected chi connectivity index (χ4v) is 4.07. The summed E-state index contributed by atoms with van der Waals surface area (Å²) in [5.41, 5.74) is 4.01. The molecule has 0 radical (unpaired) electrons. The minimum absolute atomic E-state index is 0.00561. The second-order valence-electron chi connectivity index (χ2n) is 8.09. The summed E-state index contributed by atoms with van der Waals surface area (Å²) in [6.07, 6.45) is 1.24. The number of nitrogens with zero attached hydrogens (tertiary/aromatic N) is 4. The van der Waals surface area contributed by atoms with Crippen LogP contribution in [0.2, 0.25) is 10.0 Å². The molecule has 0 saturated carbocycles. The van der Waals surface area contributed by atoms with Crippen LogP contribution in [-0.4, -0.2) is 14.9 Å². The van der Waals surface area contributed by atoms with Crippen LogP contribution in [0.4, 0.5) is 28.7 Å². The SMILES string of the molecule is Cc1ccc(Nc2ncnc(Nc3cc(Cl)c(C(C#N)c4ccc(Cl)cc4)cc3C)c2[N+](=O)[O-])cc1. The van der Waals surface area contributed by atoms with Gasteiger partial charge in [0.2, 0.25) is 11.6 Å². The maximum Gasteiger partial charge on any atom is 0.353 e. The first-order chi connectivity index (χ1) is 17.3. The van der Waals surface area contributed by atoms with Gasteiger partial charge in [-0.2, -0.15) is 5.26 Å². The Morgan fingerprint density at radius 1 is 0.972 bits per heavy atom. The van der Waals surface area contributed by atoms with Crippen LogP contribution in [-0.2, 0) is 0 Å². The van der Waals surface area contributed by atoms with Crippen LogP contribution in [0.5, 0.6) is 0 Å². The van der Waals surface area contributed by atoms with Gasteiger partial charge in [-0.3, -0.25) is 10.1 Å². The lowest BCUT2D eigenvalue weighted by Gasteiger charge is -2.17. The van der Waals surface area contributed by atoms with E-state index in [4.69, 9.17) is 23.2 Å². The lowest BCUT2D eigenvalue weighted by molar-refractivity contribution is -0.383. The number of rotatable bonds is 7. The van der Waals surface area contributed by atoms with Crippen molar-refractivity contribution >= 4 is 51.9 Å². The molecule has 1 heterocycles. The maximum absolute atomic E-state index is 12.0. The summed E-state index contributed by atoms with van der Waals surface area (Å²) in [7, 11) is 0. The minimum Gasteiger partial charge on any atom is -0.334 e. The lowest BCUT2D eigenvalue weighted by Crippen LogP contribution is -2.07. The first-order valence-corrected chi connectivity index (χ1v) is 11.6. The molecule has 0 aliphatic heterocycles. The molecule has 0 aliphatic rings. The van der Waals surface area contributed by atoms with Crippen molar-refractivity contribution in [3.05, 3.63) is 109 Å². The van der Waals surface area contributed by atoms with E-state index in [0.717, 1.165) is 16.7 Å². The highest BCUT2D eigenvalue weighted by Gasteiger charge is 2.25. The van der Waals surface area contributed by atoms with Gasteiger partial charge in [-0.05, 0) is 60.9 Å². The third-order valence-corrected chi connectivity index (χ3v) is 6.14. The number of hydrogen-bond acceptors (Lipinski definition) is 7. The Hall–Kier alpha value is -4.19. The van der Waals surface area contributed by atoms with Crippen LogP contribution in [0.3, 0.4) is 0 Å². The van der Waals surface area contributed by atoms with Crippen molar-refractivity contribution < 1.29 is 4.92 Å². The summed E-state index contributed by atoms with van der Waals surface area (Å²) in [6.45, 7) is 3.77. The number of nitro groups is 1. The molecule has 1 unspecified atom stereocenters. The van der Waals surface area contributed by atoms with Gasteiger partial charge in [-0.25, -0.2) is 9.97 Å². The Morgan fingerprint density at radius 2 is 1.61 bits per heavy atom. The summed E-state index contributed by atoms with van der Waals surface area (Å²) in [5, 5.41) is 28.7. The molecule has 4 rings (SSSR count). The van der Waals surface area contributed by atoms with Gasteiger partial charge in [0, 0.05) is 21.4 Å². The van der Waals surface area contributed by atoms with E-state index in [-0.39, 0.29) is 17.3 Å². The molecule has 4 aromatic rings. The molecular formula is C26H20Cl2N6O2. The van der Waals surface area contributed by atoms with E-state index >= 15 is 0 Å². The van der Waals surface area contributed by atoms with Gasteiger partial charge in [-0.15, -0.1) is 0 Å². The average Bonchev–Trinajstić information content (AvgIpc) is 2.85. The fourth-order valence-electron chi connectivity index (χ4n) is 3.67. The molecule has 10 heteroatoms. The number of hydrogen-bond donors (Lipinski definition) is 2. The van der Waals surface area contributed by atoms with Crippen molar-refractivity contribution in [1.29, 1.82) is 5.26 Å². The Labute approximate surface area is 217 Å². The number of anilines is 4. The largest absolute Gasteiger partial charge is 0.353 e. The van der Waals surface area contributed by atoms with E-state index in [0.29, 0.717) is 27.0 Å². The molecule has 2 N–H and O–H groups in total. The maximum atomic E-state index is 12.0. The number of aromatic nitrogens is 2. The molecule has 0 bridgehead atoms. The van der Waals surface area contributed by atoms with E-state index in [1.165, 1.54) is 6.33 Å². The zero-order valence-corrected chi connectivity index (χ0v) is 20.8. The van der Waals surface area contributed by atoms with Gasteiger partial charge in [0.15, 0.2) is 0 Å². The summed E-state index contributed by atoms with van der Waals surface area (Å²) < 4.78 is 0. The van der Waals surface area contributed by atoms with Crippen LogP contribution in [0.15, 0.2) is 67.0 Å². The van der Waals surface area contributed by atoms with E-state index in [1.54, 1.807) is 36.4 Å². The molecule has 1 aromatic heterocycles. The monoisotopic (exact) mass is 518 g/mol. The quantitative estimate of drug-likeness (QED) is 0.192. The number of halogens is 2. The van der Waals surface area contributed by atoms with Gasteiger partial charge in [0.05, 0.1) is 16.9 Å². The fraction of sp³-hybridized carbons (Fsp3) is 0.115. The summed E-state index contributed by atoms with van der Waals surface area (Å²) in [5.74, 6) is -0.554. The van der Waals surface area contributed by atoms with Crippen molar-refractivity contribution in [3.8, 4) is 6.07 Å². The van der Waals surface area contributed by atoms with Crippen LogP contribution in [0.25, 0.3) is 0 Å². The van der Waals surface area contributed by atoms with E-state index in [1.807, 2.05) is 38.1 Å². The second kappa shape index (κ2) is 10.6. The van der Waals surface area contributed by atoms with Gasteiger partial charge < -0.3 is 10.6 Å². The molecule has 0 saturated heterocycles. The van der Waals surface area contributed by atoms with Crippen LogP contribution < -0.4 is 10.6 Å². The Kier molecular flexibility index (Phi) is 7.34. The molecule has 3 aromatic carbocycles. The molecule has 8 nitrogen and oxygen atoms in total. The molecule has 0 spiro atoms. The Bertz CT molecular complexity index is 1470. The number of nitrogens with one attached hydrogen (secondary N) is 2. The topological polar surface area (TPSA) is 117 Å². The molecule has 1 atom stereocenters. The molecule has 0 amide bonds. The standard InChI is InChI=1S/C26H20Cl2N6O2/c1-15-3-9-19(10-4-15)32-25-24(34(35)36)26(31-14-30-25)33-23-12-22(28)20(11-16(23)2)21(13-29)17-5-7-18(27)8-6-17/h3-12,14,21H,1-2H3,(H2,30,31,32,33). The zero-order chi connectivity index (χ0) is 25.8. The van der Waals surface area contributed by atoms with Gasteiger partial charge in [0.1, 0.15) is 6.33 Å². The van der Waals surface area contributed by atoms with Gasteiger partial charge in [-0.1, -0.05) is 59.1 Å². The highest BCUT2D eigenvalue weighted by Crippen LogP contribution is 2.37. The van der Waals surface area contributed by atoms with Crippen LogP contribution >= 0.6 is 23.2 Å². The highest BCUT2D eigenvalue weighted by atomic mass is 35.5. The van der Waals surface area contributed by atoms with Gasteiger partial charge >= 0.3 is 5.69 Å². The smallest absolute Gasteiger partial charge is 0.334 e. The van der Waals surface area contributed by atoms with E-state index < -0.39 is 10.8 Å². The van der Waals surface area contributed by atoms with Gasteiger partial charge in [0.25, 0.3) is 0 Å². The summed E-state index contributed by atoms with van der Waals surface area (Å²) in [4.78, 5) is 19.6. The zero-order valence-electron chi connectivity index (χ0n) is 19.3. The molecule has 180 valence electrons. The Balaban J connectivity index is 1.68. The van der Waals surface area contributed by atoms with Crippen molar-refractivity contribution in [2.24, 2.45) is 0 Å². The number of benzene rings is 3. The average molecular weight is 519 g/mol. The molecule has 36 heavy (non-hydrogen) atoms. The minimum atomic E-state index is -0.610. The molecule has 0 fully saturated rings. The predicted octanol–water partition coefficient (Wildman–Crippen LogP) is 7.45. The van der Waals surface area contributed by atoms with E-state index in [2.05, 4.69) is 26.7 Å². The van der Waals surface area contributed by atoms with E-state index in [9.17, 15) is 15.4 Å². The highest BCUT2D eigenvalue weighted by molar-refractivity contribution is 6.32. The number of aryl methyl sites for hydroxylation is 2. The van der Waals surface area contributed by atoms with Crippen LogP contribution in [0.1, 0.15) is 28.2 Å². The first-order valence-electron chi connectivity index (χ1n) is 10.8. The Morgan fingerprint density at radius 3 is 2.22 bits per heavy atom. The van der Waals surface area contributed by atoms with Crippen molar-refractivity contribution in [2.45, 2.75) is 19.8 Å². The third kappa shape index (κ3) is 5.38. The molecule has 0 aliphatic carbocycles. The van der Waals surface area contributed by atoms with Crippen molar-refractivity contribution in [1.82, 2.24) is 9.97 Å².